The van der Waals surface area contributed by atoms with Gasteiger partial charge in [0.05, 0.1) is 18.7 Å². The van der Waals surface area contributed by atoms with Crippen molar-refractivity contribution in [3.63, 3.8) is 0 Å². The molecule has 0 saturated carbocycles. The molecule has 2 aromatic carbocycles. The summed E-state index contributed by atoms with van der Waals surface area (Å²) in [5.74, 6) is 1.47. The van der Waals surface area contributed by atoms with Gasteiger partial charge in [-0.05, 0) is 48.7 Å². The molecule has 144 valence electrons. The fraction of sp³-hybridized carbons (Fsp3) is 0.217. The van der Waals surface area contributed by atoms with E-state index >= 15 is 0 Å². The molecule has 3 rings (SSSR count). The zero-order valence-electron chi connectivity index (χ0n) is 16.2. The van der Waals surface area contributed by atoms with Gasteiger partial charge in [0.2, 0.25) is 0 Å². The van der Waals surface area contributed by atoms with Crippen LogP contribution in [0.5, 0.6) is 5.75 Å². The van der Waals surface area contributed by atoms with E-state index in [0.717, 1.165) is 30.1 Å². The Balaban J connectivity index is 1.50. The minimum atomic E-state index is -0.133. The van der Waals surface area contributed by atoms with Gasteiger partial charge in [0.15, 0.2) is 0 Å². The molecule has 0 aliphatic rings. The van der Waals surface area contributed by atoms with Gasteiger partial charge in [-0.1, -0.05) is 42.5 Å². The number of rotatable bonds is 8. The molecule has 0 spiro atoms. The molecule has 2 N–H and O–H groups in total. The van der Waals surface area contributed by atoms with Gasteiger partial charge < -0.3 is 15.4 Å². The van der Waals surface area contributed by atoms with Crippen LogP contribution >= 0.6 is 0 Å². The zero-order valence-corrected chi connectivity index (χ0v) is 16.2. The maximum absolute atomic E-state index is 12.4. The molecule has 5 heteroatoms. The molecule has 3 aromatic rings. The highest BCUT2D eigenvalue weighted by Crippen LogP contribution is 2.14. The number of nitrogens with one attached hydrogen (secondary N) is 2. The number of pyridine rings is 1. The van der Waals surface area contributed by atoms with Crippen LogP contribution in [-0.4, -0.2) is 24.5 Å². The van der Waals surface area contributed by atoms with E-state index in [1.807, 2.05) is 61.5 Å². The van der Waals surface area contributed by atoms with Crippen molar-refractivity contribution in [1.29, 1.82) is 0 Å². The fourth-order valence-electron chi connectivity index (χ4n) is 2.90. The van der Waals surface area contributed by atoms with Crippen molar-refractivity contribution in [1.82, 2.24) is 10.3 Å². The molecule has 0 fully saturated rings. The number of carbonyl (C=O) groups excluding carboxylic acids is 1. The van der Waals surface area contributed by atoms with E-state index in [1.54, 1.807) is 19.4 Å². The summed E-state index contributed by atoms with van der Waals surface area (Å²) in [5, 5.41) is 6.28. The van der Waals surface area contributed by atoms with Crippen LogP contribution in [0.4, 0.5) is 5.82 Å². The second-order valence-corrected chi connectivity index (χ2v) is 6.57. The lowest BCUT2D eigenvalue weighted by Crippen LogP contribution is -2.26. The van der Waals surface area contributed by atoms with Gasteiger partial charge in [0, 0.05) is 12.7 Å². The van der Waals surface area contributed by atoms with E-state index in [-0.39, 0.29) is 11.9 Å². The van der Waals surface area contributed by atoms with Crippen LogP contribution in [0.1, 0.15) is 34.5 Å². The second-order valence-electron chi connectivity index (χ2n) is 6.57. The SMILES string of the molecule is COc1cccc(CCNc2ccc(C(=O)NC(C)c3ccccc3)cn2)c1. The van der Waals surface area contributed by atoms with Crippen molar-refractivity contribution in [2.24, 2.45) is 0 Å². The van der Waals surface area contributed by atoms with Gasteiger partial charge in [-0.3, -0.25) is 4.79 Å². The van der Waals surface area contributed by atoms with E-state index in [0.29, 0.717) is 5.56 Å². The molecule has 1 heterocycles. The summed E-state index contributed by atoms with van der Waals surface area (Å²) in [6, 6.07) is 21.4. The minimum Gasteiger partial charge on any atom is -0.497 e. The van der Waals surface area contributed by atoms with Crippen molar-refractivity contribution in [2.45, 2.75) is 19.4 Å². The molecule has 0 radical (unpaired) electrons. The molecule has 1 unspecified atom stereocenters. The summed E-state index contributed by atoms with van der Waals surface area (Å²) in [6.45, 7) is 2.71. The highest BCUT2D eigenvalue weighted by atomic mass is 16.5. The lowest BCUT2D eigenvalue weighted by atomic mass is 10.1. The summed E-state index contributed by atoms with van der Waals surface area (Å²) in [5.41, 5.74) is 2.80. The van der Waals surface area contributed by atoms with Crippen LogP contribution < -0.4 is 15.4 Å². The number of ether oxygens (including phenoxy) is 1. The first-order chi connectivity index (χ1) is 13.7. The van der Waals surface area contributed by atoms with Crippen LogP contribution in [0.15, 0.2) is 72.9 Å². The standard InChI is InChI=1S/C23H25N3O2/c1-17(19-8-4-3-5-9-19)26-23(27)20-11-12-22(25-16-20)24-14-13-18-7-6-10-21(15-18)28-2/h3-12,15-17H,13-14H2,1-2H3,(H,24,25)(H,26,27). The van der Waals surface area contributed by atoms with E-state index in [1.165, 1.54) is 5.56 Å². The Morgan fingerprint density at radius 2 is 1.89 bits per heavy atom. The van der Waals surface area contributed by atoms with Gasteiger partial charge in [-0.25, -0.2) is 4.98 Å². The molecule has 5 nitrogen and oxygen atoms in total. The van der Waals surface area contributed by atoms with Crippen LogP contribution in [0.2, 0.25) is 0 Å². The Hall–Kier alpha value is -3.34. The number of benzene rings is 2. The van der Waals surface area contributed by atoms with Crippen molar-refractivity contribution in [3.05, 3.63) is 89.6 Å². The van der Waals surface area contributed by atoms with Crippen molar-refractivity contribution in [2.75, 3.05) is 19.0 Å². The average Bonchev–Trinajstić information content (AvgIpc) is 2.75. The van der Waals surface area contributed by atoms with Crippen molar-refractivity contribution >= 4 is 11.7 Å². The predicted molar refractivity (Wildman–Crippen MR) is 112 cm³/mol. The molecule has 1 aromatic heterocycles. The number of nitrogens with zero attached hydrogens (tertiary/aromatic N) is 1. The van der Waals surface area contributed by atoms with Crippen molar-refractivity contribution < 1.29 is 9.53 Å². The summed E-state index contributed by atoms with van der Waals surface area (Å²) >= 11 is 0. The van der Waals surface area contributed by atoms with Gasteiger partial charge in [0.25, 0.3) is 5.91 Å². The highest BCUT2D eigenvalue weighted by molar-refractivity contribution is 5.94. The van der Waals surface area contributed by atoms with Gasteiger partial charge >= 0.3 is 0 Å². The lowest BCUT2D eigenvalue weighted by molar-refractivity contribution is 0.0939. The third-order valence-corrected chi connectivity index (χ3v) is 4.53. The Morgan fingerprint density at radius 1 is 1.07 bits per heavy atom. The van der Waals surface area contributed by atoms with Crippen LogP contribution in [-0.2, 0) is 6.42 Å². The first-order valence-corrected chi connectivity index (χ1v) is 9.34. The summed E-state index contributed by atoms with van der Waals surface area (Å²) in [6.07, 6.45) is 2.45. The summed E-state index contributed by atoms with van der Waals surface area (Å²) < 4.78 is 5.24. The normalized spacial score (nSPS) is 11.5. The van der Waals surface area contributed by atoms with Gasteiger partial charge in [-0.15, -0.1) is 0 Å². The molecule has 1 atom stereocenters. The minimum absolute atomic E-state index is 0.0608. The molecular weight excluding hydrogens is 350 g/mol. The third kappa shape index (κ3) is 5.33. The summed E-state index contributed by atoms with van der Waals surface area (Å²) in [4.78, 5) is 16.8. The van der Waals surface area contributed by atoms with Crippen LogP contribution in [0, 0.1) is 0 Å². The van der Waals surface area contributed by atoms with Gasteiger partial charge in [-0.2, -0.15) is 0 Å². The number of amides is 1. The average molecular weight is 375 g/mol. The zero-order chi connectivity index (χ0) is 19.8. The molecule has 28 heavy (non-hydrogen) atoms. The number of hydrogen-bond acceptors (Lipinski definition) is 4. The molecule has 0 bridgehead atoms. The van der Waals surface area contributed by atoms with E-state index in [2.05, 4.69) is 21.7 Å². The Bertz CT molecular complexity index is 895. The first kappa shape index (κ1) is 19.4. The Morgan fingerprint density at radius 3 is 2.61 bits per heavy atom. The Labute approximate surface area is 165 Å². The highest BCUT2D eigenvalue weighted by Gasteiger charge is 2.11. The molecular formula is C23H25N3O2. The Kier molecular flexibility index (Phi) is 6.63. The molecule has 0 aliphatic carbocycles. The second kappa shape index (κ2) is 9.55. The van der Waals surface area contributed by atoms with Gasteiger partial charge in [0.1, 0.15) is 11.6 Å². The molecule has 0 saturated heterocycles. The lowest BCUT2D eigenvalue weighted by Gasteiger charge is -2.14. The maximum Gasteiger partial charge on any atom is 0.253 e. The molecule has 0 aliphatic heterocycles. The predicted octanol–water partition coefficient (Wildman–Crippen LogP) is 4.24. The smallest absolute Gasteiger partial charge is 0.253 e. The number of carbonyl (C=O) groups is 1. The van der Waals surface area contributed by atoms with E-state index in [9.17, 15) is 4.79 Å². The maximum atomic E-state index is 12.4. The van der Waals surface area contributed by atoms with E-state index in [4.69, 9.17) is 4.74 Å². The monoisotopic (exact) mass is 375 g/mol. The van der Waals surface area contributed by atoms with E-state index < -0.39 is 0 Å². The van der Waals surface area contributed by atoms with Crippen LogP contribution in [0.3, 0.4) is 0 Å². The molecule has 1 amide bonds. The first-order valence-electron chi connectivity index (χ1n) is 9.34. The quantitative estimate of drug-likeness (QED) is 0.618. The summed E-state index contributed by atoms with van der Waals surface area (Å²) in [7, 11) is 1.67. The van der Waals surface area contributed by atoms with Crippen LogP contribution in [0.25, 0.3) is 0 Å². The van der Waals surface area contributed by atoms with Crippen molar-refractivity contribution in [3.8, 4) is 5.75 Å². The fourth-order valence-corrected chi connectivity index (χ4v) is 2.90. The third-order valence-electron chi connectivity index (χ3n) is 4.53. The largest absolute Gasteiger partial charge is 0.497 e. The topological polar surface area (TPSA) is 63.2 Å². The number of hydrogen-bond donors (Lipinski definition) is 2. The number of aromatic nitrogens is 1. The number of methoxy groups -OCH3 is 1. The number of anilines is 1.